The third kappa shape index (κ3) is 2.70. The summed E-state index contributed by atoms with van der Waals surface area (Å²) in [4.78, 5) is 18.3. The number of hydrogen-bond acceptors (Lipinski definition) is 5. The zero-order valence-corrected chi connectivity index (χ0v) is 17.7. The third-order valence-electron chi connectivity index (χ3n) is 6.04. The van der Waals surface area contributed by atoms with Crippen LogP contribution in [0.2, 0.25) is 0 Å². The summed E-state index contributed by atoms with van der Waals surface area (Å²) < 4.78 is 13.4. The van der Waals surface area contributed by atoms with Crippen LogP contribution < -0.4 is 14.8 Å². The van der Waals surface area contributed by atoms with Gasteiger partial charge in [0.25, 0.3) is 0 Å². The number of para-hydroxylation sites is 3. The number of allylic oxidation sites excluding steroid dienone is 2. The van der Waals surface area contributed by atoms with E-state index in [1.165, 1.54) is 0 Å². The van der Waals surface area contributed by atoms with Gasteiger partial charge in [-0.15, -0.1) is 0 Å². The Morgan fingerprint density at radius 1 is 1.07 bits per heavy atom. The quantitative estimate of drug-likeness (QED) is 0.686. The molecule has 0 fully saturated rings. The molecule has 1 atom stereocenters. The number of imidazole rings is 1. The first-order valence-corrected chi connectivity index (χ1v) is 10.1. The van der Waals surface area contributed by atoms with Crippen LogP contribution in [-0.4, -0.2) is 29.6 Å². The van der Waals surface area contributed by atoms with Crippen molar-refractivity contribution in [3.63, 3.8) is 0 Å². The van der Waals surface area contributed by atoms with Crippen LogP contribution in [0.4, 0.5) is 5.95 Å². The van der Waals surface area contributed by atoms with Gasteiger partial charge in [-0.2, -0.15) is 0 Å². The molecule has 0 unspecified atom stereocenters. The molecule has 1 N–H and O–H groups in total. The molecule has 3 aromatic rings. The predicted molar refractivity (Wildman–Crippen MR) is 116 cm³/mol. The number of ketones is 1. The molecule has 6 nitrogen and oxygen atoms in total. The molecule has 0 spiro atoms. The van der Waals surface area contributed by atoms with Crippen molar-refractivity contribution in [3.8, 4) is 11.5 Å². The molecule has 0 amide bonds. The maximum atomic E-state index is 13.4. The molecule has 30 heavy (non-hydrogen) atoms. The van der Waals surface area contributed by atoms with Crippen molar-refractivity contribution < 1.29 is 14.3 Å². The number of carbonyl (C=O) groups excluding carboxylic acids is 1. The highest BCUT2D eigenvalue weighted by Crippen LogP contribution is 2.49. The second kappa shape index (κ2) is 6.62. The molecular formula is C24H25N3O3. The summed E-state index contributed by atoms with van der Waals surface area (Å²) in [6.45, 7) is 4.27. The molecule has 5 rings (SSSR count). The summed E-state index contributed by atoms with van der Waals surface area (Å²) in [7, 11) is 3.26. The average molecular weight is 403 g/mol. The Hall–Kier alpha value is -3.28. The van der Waals surface area contributed by atoms with Gasteiger partial charge in [0.2, 0.25) is 5.95 Å². The summed E-state index contributed by atoms with van der Waals surface area (Å²) >= 11 is 0. The predicted octanol–water partition coefficient (Wildman–Crippen LogP) is 4.71. The first-order valence-electron chi connectivity index (χ1n) is 10.1. The molecule has 0 saturated heterocycles. The fourth-order valence-electron chi connectivity index (χ4n) is 4.84. The maximum absolute atomic E-state index is 13.4. The second-order valence-electron chi connectivity index (χ2n) is 8.74. The highest BCUT2D eigenvalue weighted by molar-refractivity contribution is 6.01. The minimum Gasteiger partial charge on any atom is -0.493 e. The first-order chi connectivity index (χ1) is 14.4. The molecule has 2 heterocycles. The van der Waals surface area contributed by atoms with E-state index in [4.69, 9.17) is 14.5 Å². The second-order valence-corrected chi connectivity index (χ2v) is 8.74. The van der Waals surface area contributed by atoms with Gasteiger partial charge in [-0.1, -0.05) is 38.1 Å². The highest BCUT2D eigenvalue weighted by Gasteiger charge is 2.42. The average Bonchev–Trinajstić information content (AvgIpc) is 3.08. The van der Waals surface area contributed by atoms with Gasteiger partial charge in [0.1, 0.15) is 0 Å². The van der Waals surface area contributed by atoms with Crippen molar-refractivity contribution >= 4 is 22.8 Å². The molecule has 2 aromatic carbocycles. The molecule has 1 aliphatic carbocycles. The number of fused-ring (bicyclic) bond motifs is 3. The zero-order chi connectivity index (χ0) is 21.0. The van der Waals surface area contributed by atoms with Gasteiger partial charge < -0.3 is 14.8 Å². The number of nitrogens with zero attached hydrogens (tertiary/aromatic N) is 2. The van der Waals surface area contributed by atoms with Crippen LogP contribution >= 0.6 is 0 Å². The van der Waals surface area contributed by atoms with Crippen LogP contribution in [0.5, 0.6) is 11.5 Å². The molecular weight excluding hydrogens is 378 g/mol. The normalized spacial score (nSPS) is 19.9. The third-order valence-corrected chi connectivity index (χ3v) is 6.04. The SMILES string of the molecule is COc1cccc([C@@H]2C3=C(CC(C)(C)CC3=O)Nc3nc4ccccc4n32)c1OC. The van der Waals surface area contributed by atoms with E-state index in [-0.39, 0.29) is 17.2 Å². The molecule has 1 aliphatic heterocycles. The number of methoxy groups -OCH3 is 2. The molecule has 0 saturated carbocycles. The van der Waals surface area contributed by atoms with Crippen LogP contribution in [0, 0.1) is 5.41 Å². The molecule has 6 heteroatoms. The number of anilines is 1. The maximum Gasteiger partial charge on any atom is 0.209 e. The Kier molecular flexibility index (Phi) is 4.13. The number of rotatable bonds is 3. The Balaban J connectivity index is 1.83. The summed E-state index contributed by atoms with van der Waals surface area (Å²) in [5.74, 6) is 2.19. The smallest absolute Gasteiger partial charge is 0.209 e. The monoisotopic (exact) mass is 403 g/mol. The van der Waals surface area contributed by atoms with E-state index in [9.17, 15) is 4.79 Å². The van der Waals surface area contributed by atoms with Crippen molar-refractivity contribution in [2.24, 2.45) is 5.41 Å². The lowest BCUT2D eigenvalue weighted by Crippen LogP contribution is -2.36. The van der Waals surface area contributed by atoms with Crippen LogP contribution in [0.1, 0.15) is 38.3 Å². The molecule has 154 valence electrons. The van der Waals surface area contributed by atoms with Gasteiger partial charge in [-0.05, 0) is 30.0 Å². The van der Waals surface area contributed by atoms with Gasteiger partial charge in [0.15, 0.2) is 17.3 Å². The lowest BCUT2D eigenvalue weighted by molar-refractivity contribution is -0.118. The number of benzene rings is 2. The van der Waals surface area contributed by atoms with Gasteiger partial charge >= 0.3 is 0 Å². The van der Waals surface area contributed by atoms with E-state index in [1.807, 2.05) is 42.5 Å². The minimum atomic E-state index is -0.336. The fraction of sp³-hybridized carbons (Fsp3) is 0.333. The Morgan fingerprint density at radius 2 is 1.87 bits per heavy atom. The molecule has 1 aromatic heterocycles. The van der Waals surface area contributed by atoms with Crippen molar-refractivity contribution in [1.82, 2.24) is 9.55 Å². The van der Waals surface area contributed by atoms with E-state index in [2.05, 4.69) is 23.7 Å². The van der Waals surface area contributed by atoms with Crippen LogP contribution in [0.25, 0.3) is 11.0 Å². The van der Waals surface area contributed by atoms with E-state index >= 15 is 0 Å². The fourth-order valence-corrected chi connectivity index (χ4v) is 4.84. The molecule has 0 bridgehead atoms. The van der Waals surface area contributed by atoms with Crippen molar-refractivity contribution in [1.29, 1.82) is 0 Å². The number of Topliss-reactive ketones (excluding diaryl/α,β-unsaturated/α-hetero) is 1. The summed E-state index contributed by atoms with van der Waals surface area (Å²) in [6, 6.07) is 13.5. The van der Waals surface area contributed by atoms with Crippen molar-refractivity contribution in [3.05, 3.63) is 59.3 Å². The standard InChI is InChI=1S/C24H25N3O3/c1-24(2)12-16-20(18(28)13-24)21(14-8-7-11-19(29-3)22(14)30-4)27-17-10-6-5-9-15(17)25-23(27)26-16/h5-11,21H,12-13H2,1-4H3,(H,25,26)/t21-/m1/s1. The molecule has 2 aliphatic rings. The zero-order valence-electron chi connectivity index (χ0n) is 17.7. The van der Waals surface area contributed by atoms with Crippen LogP contribution in [0.15, 0.2) is 53.7 Å². The number of ether oxygens (including phenoxy) is 2. The Morgan fingerprint density at radius 3 is 2.63 bits per heavy atom. The number of carbonyl (C=O) groups is 1. The summed E-state index contributed by atoms with van der Waals surface area (Å²) in [5.41, 5.74) is 4.39. The first kappa shape index (κ1) is 18.7. The Bertz CT molecular complexity index is 1210. The van der Waals surface area contributed by atoms with Crippen LogP contribution in [-0.2, 0) is 4.79 Å². The van der Waals surface area contributed by atoms with Crippen LogP contribution in [0.3, 0.4) is 0 Å². The van der Waals surface area contributed by atoms with Gasteiger partial charge in [-0.3, -0.25) is 9.36 Å². The lowest BCUT2D eigenvalue weighted by atomic mass is 9.73. The van der Waals surface area contributed by atoms with Gasteiger partial charge in [0, 0.05) is 23.3 Å². The number of nitrogens with one attached hydrogen (secondary N) is 1. The van der Waals surface area contributed by atoms with Gasteiger partial charge in [0.05, 0.1) is 31.3 Å². The van der Waals surface area contributed by atoms with E-state index < -0.39 is 0 Å². The van der Waals surface area contributed by atoms with Crippen molar-refractivity contribution in [2.45, 2.75) is 32.7 Å². The summed E-state index contributed by atoms with van der Waals surface area (Å²) in [6.07, 6.45) is 1.30. The minimum absolute atomic E-state index is 0.0971. The number of aromatic nitrogens is 2. The van der Waals surface area contributed by atoms with E-state index in [1.54, 1.807) is 14.2 Å². The number of hydrogen-bond donors (Lipinski definition) is 1. The van der Waals surface area contributed by atoms with Gasteiger partial charge in [-0.25, -0.2) is 4.98 Å². The molecule has 0 radical (unpaired) electrons. The van der Waals surface area contributed by atoms with E-state index in [0.717, 1.165) is 40.2 Å². The largest absolute Gasteiger partial charge is 0.493 e. The van der Waals surface area contributed by atoms with E-state index in [0.29, 0.717) is 17.9 Å². The Labute approximate surface area is 175 Å². The lowest BCUT2D eigenvalue weighted by Gasteiger charge is -2.39. The summed E-state index contributed by atoms with van der Waals surface area (Å²) in [5, 5.41) is 3.48. The van der Waals surface area contributed by atoms with Crippen molar-refractivity contribution in [2.75, 3.05) is 19.5 Å². The highest BCUT2D eigenvalue weighted by atomic mass is 16.5. The topological polar surface area (TPSA) is 65.4 Å².